The molecule has 28 heteroatoms. The molecule has 0 radical (unpaired) electrons. The minimum Gasteiger partial charge on any atom is -0.494 e. The SMILES string of the molecule is C#C[C@H]1CC(F)(F)CN1C(=O)CNC(=O)c1ccnc2ccc(OCCCCC3CCN(C(=O)[C@H](C)CN4C(=O)CC(SC(CCCCCNC(=O)CCCc5ccc(C)cc5)CNC(=O)CN5CCN(COC=O)CCN(COC=O)CCN(CC(=O)O)CC5)C4=O)CC3)cc12. The highest BCUT2D eigenvalue weighted by molar-refractivity contribution is 8.01. The number of unbranched alkanes of at least 4 members (excludes halogenated alkanes) is 3. The highest BCUT2D eigenvalue weighted by Gasteiger charge is 2.46. The van der Waals surface area contributed by atoms with E-state index in [9.17, 15) is 61.8 Å². The molecular weight excluding hydrogens is 1280 g/mol. The first-order chi connectivity index (χ1) is 46.7. The predicted octanol–water partition coefficient (Wildman–Crippen LogP) is 4.18. The van der Waals surface area contributed by atoms with Crippen molar-refractivity contribution in [1.29, 1.82) is 0 Å². The van der Waals surface area contributed by atoms with Crippen LogP contribution in [0.25, 0.3) is 10.9 Å². The number of ether oxygens (including phenoxy) is 3. The summed E-state index contributed by atoms with van der Waals surface area (Å²) in [6, 6.07) is 13.9. The molecule has 0 spiro atoms. The van der Waals surface area contributed by atoms with Crippen LogP contribution in [0.4, 0.5) is 8.78 Å². The second kappa shape index (κ2) is 39.5. The van der Waals surface area contributed by atoms with Crippen LogP contribution in [0.3, 0.4) is 0 Å². The average molecular weight is 1370 g/mol. The Bertz CT molecular complexity index is 3170. The van der Waals surface area contributed by atoms with E-state index < -0.39 is 60.4 Å². The van der Waals surface area contributed by atoms with E-state index in [0.29, 0.717) is 133 Å². The predicted molar refractivity (Wildman–Crippen MR) is 359 cm³/mol. The van der Waals surface area contributed by atoms with Crippen molar-refractivity contribution in [3.63, 3.8) is 0 Å². The number of halogens is 2. The van der Waals surface area contributed by atoms with Crippen LogP contribution < -0.4 is 20.7 Å². The lowest BCUT2D eigenvalue weighted by Crippen LogP contribution is -2.49. The third-order valence-electron chi connectivity index (χ3n) is 18.1. The number of aryl methyl sites for hydroxylation is 2. The van der Waals surface area contributed by atoms with Crippen molar-refractivity contribution in [1.82, 2.24) is 55.2 Å². The molecule has 4 aliphatic rings. The Morgan fingerprint density at radius 3 is 2.13 bits per heavy atom. The van der Waals surface area contributed by atoms with Gasteiger partial charge in [0, 0.05) is 121 Å². The zero-order valence-electron chi connectivity index (χ0n) is 55.9. The first kappa shape index (κ1) is 76.5. The van der Waals surface area contributed by atoms with Crippen molar-refractivity contribution in [3.05, 3.63) is 71.4 Å². The van der Waals surface area contributed by atoms with E-state index in [4.69, 9.17) is 20.6 Å². The second-order valence-electron chi connectivity index (χ2n) is 25.6. The summed E-state index contributed by atoms with van der Waals surface area (Å²) in [7, 11) is 0. The molecule has 7 rings (SSSR count). The maximum atomic E-state index is 14.2. The number of thioether (sulfide) groups is 1. The number of terminal acetylenes is 1. The molecular formula is C69H95F2N11O14S. The van der Waals surface area contributed by atoms with Crippen molar-refractivity contribution in [2.24, 2.45) is 11.8 Å². The highest BCUT2D eigenvalue weighted by atomic mass is 32.2. The molecule has 0 bridgehead atoms. The quantitative estimate of drug-likeness (QED) is 0.0275. The fourth-order valence-corrected chi connectivity index (χ4v) is 14.0. The number of likely N-dealkylation sites (tertiary alicyclic amines) is 3. The number of rotatable bonds is 36. The van der Waals surface area contributed by atoms with Gasteiger partial charge in [-0.1, -0.05) is 61.9 Å². The number of imide groups is 1. The van der Waals surface area contributed by atoms with Crippen LogP contribution in [0.2, 0.25) is 0 Å². The molecule has 2 aromatic carbocycles. The highest BCUT2D eigenvalue weighted by Crippen LogP contribution is 2.34. The largest absolute Gasteiger partial charge is 0.494 e. The Balaban J connectivity index is 0.866. The summed E-state index contributed by atoms with van der Waals surface area (Å²) in [6.45, 7) is 7.93. The molecule has 4 aliphatic heterocycles. The summed E-state index contributed by atoms with van der Waals surface area (Å²) in [6.07, 6.45) is 15.1. The van der Waals surface area contributed by atoms with Gasteiger partial charge < -0.3 is 45.1 Å². The Hall–Kier alpha value is -7.84. The fourth-order valence-electron chi connectivity index (χ4n) is 12.5. The number of fused-ring (bicyclic) bond motifs is 1. The molecule has 97 heavy (non-hydrogen) atoms. The number of alkyl halides is 2. The minimum absolute atomic E-state index is 0.00304. The maximum Gasteiger partial charge on any atom is 0.317 e. The summed E-state index contributed by atoms with van der Waals surface area (Å²) < 4.78 is 44.2. The van der Waals surface area contributed by atoms with Gasteiger partial charge in [0.15, 0.2) is 0 Å². The van der Waals surface area contributed by atoms with E-state index in [1.807, 2.05) is 26.5 Å². The van der Waals surface area contributed by atoms with Gasteiger partial charge in [0.05, 0.1) is 61.1 Å². The van der Waals surface area contributed by atoms with Crippen LogP contribution in [0.5, 0.6) is 5.75 Å². The maximum absolute atomic E-state index is 14.2. The third kappa shape index (κ3) is 25.5. The van der Waals surface area contributed by atoms with Gasteiger partial charge in [-0.15, -0.1) is 18.2 Å². The summed E-state index contributed by atoms with van der Waals surface area (Å²) in [4.78, 5) is 144. The van der Waals surface area contributed by atoms with Gasteiger partial charge >= 0.3 is 5.97 Å². The molecule has 5 heterocycles. The molecule has 7 amide bonds. The van der Waals surface area contributed by atoms with Gasteiger partial charge in [0.2, 0.25) is 35.4 Å². The smallest absolute Gasteiger partial charge is 0.317 e. The lowest BCUT2D eigenvalue weighted by molar-refractivity contribution is -0.143. The molecule has 4 atom stereocenters. The number of aromatic nitrogens is 1. The first-order valence-electron chi connectivity index (χ1n) is 33.7. The topological polar surface area (TPSA) is 290 Å². The molecule has 4 fully saturated rings. The van der Waals surface area contributed by atoms with Crippen molar-refractivity contribution < 1.29 is 76.0 Å². The molecule has 4 N–H and O–H groups in total. The standard InChI is InChI=1S/C69H95F2N11O14S/c1-4-54-39-69(70,71)45-82(54)64(88)41-75-66(91)57-21-25-72-59-20-19-55(37-58(57)59)96-36-9-7-11-53-22-26-80(27-23-53)67(92)51(3)42-81-63(87)38-60(68(81)93)97-56(13-6-5-8-24-73-61(85)14-10-12-52-17-15-50(2)16-18-52)40-74-62(86)43-76-28-29-77(44-65(89)90)31-33-79(47-95-49-84)35-34-78(32-30-76)46-94-48-83/h1,15-21,25,37,48-49,51,53-54,56,60H,5-14,22-24,26-36,38-47H2,2-3H3,(H,73,85)(H,74,86)(H,75,91)(H,89,90)/t51-,54+,56?,60?/m1/s1. The Kier molecular flexibility index (Phi) is 31.2. The van der Waals surface area contributed by atoms with E-state index >= 15 is 0 Å². The number of nitrogens with zero attached hydrogens (tertiary/aromatic N) is 8. The van der Waals surface area contributed by atoms with Crippen molar-refractivity contribution in [3.8, 4) is 18.1 Å². The minimum atomic E-state index is -3.10. The third-order valence-corrected chi connectivity index (χ3v) is 19.6. The van der Waals surface area contributed by atoms with E-state index in [2.05, 4.69) is 51.1 Å². The van der Waals surface area contributed by atoms with Gasteiger partial charge in [-0.05, 0) is 94.0 Å². The van der Waals surface area contributed by atoms with Gasteiger partial charge in [0.1, 0.15) is 19.2 Å². The summed E-state index contributed by atoms with van der Waals surface area (Å²) in [5.41, 5.74) is 3.13. The number of piperidine rings is 1. The molecule has 2 unspecified atom stereocenters. The number of nitrogens with one attached hydrogen (secondary N) is 3. The Labute approximate surface area is 570 Å². The van der Waals surface area contributed by atoms with Crippen LogP contribution >= 0.6 is 11.8 Å². The molecule has 0 saturated carbocycles. The number of carboxylic acid groups (broad SMARTS) is 1. The number of carbonyl (C=O) groups is 10. The monoisotopic (exact) mass is 1370 g/mol. The normalized spacial score (nSPS) is 19.3. The van der Waals surface area contributed by atoms with Crippen LogP contribution in [0.15, 0.2) is 54.7 Å². The summed E-state index contributed by atoms with van der Waals surface area (Å²) in [5.74, 6) is -4.09. The number of benzene rings is 2. The van der Waals surface area contributed by atoms with Gasteiger partial charge in [-0.25, -0.2) is 8.78 Å². The number of amides is 7. The zero-order valence-corrected chi connectivity index (χ0v) is 56.7. The summed E-state index contributed by atoms with van der Waals surface area (Å²) in [5, 5.41) is 17.8. The first-order valence-corrected chi connectivity index (χ1v) is 34.7. The molecule has 25 nitrogen and oxygen atoms in total. The van der Waals surface area contributed by atoms with Gasteiger partial charge in [-0.3, -0.25) is 77.4 Å². The van der Waals surface area contributed by atoms with Crippen LogP contribution in [-0.4, -0.2) is 258 Å². The van der Waals surface area contributed by atoms with Crippen LogP contribution in [-0.2, 0) is 59.0 Å². The van der Waals surface area contributed by atoms with Crippen molar-refractivity contribution in [2.75, 3.05) is 131 Å². The van der Waals surface area contributed by atoms with E-state index in [1.165, 1.54) is 40.1 Å². The number of pyridine rings is 1. The van der Waals surface area contributed by atoms with Crippen LogP contribution in [0, 0.1) is 31.1 Å². The van der Waals surface area contributed by atoms with Crippen molar-refractivity contribution in [2.45, 2.75) is 126 Å². The average Bonchev–Trinajstić information content (AvgIpc) is 1.68. The number of hydrogen-bond donors (Lipinski definition) is 4. The summed E-state index contributed by atoms with van der Waals surface area (Å²) >= 11 is 1.34. The zero-order chi connectivity index (χ0) is 69.7. The number of carbonyl (C=O) groups excluding carboxylic acids is 9. The fraction of sp³-hybridized carbons (Fsp3) is 0.609. The second-order valence-corrected chi connectivity index (χ2v) is 27.1. The number of carboxylic acids is 1. The van der Waals surface area contributed by atoms with E-state index in [0.717, 1.165) is 62.7 Å². The Morgan fingerprint density at radius 2 is 1.47 bits per heavy atom. The Morgan fingerprint density at radius 1 is 0.804 bits per heavy atom. The van der Waals surface area contributed by atoms with Crippen molar-refractivity contribution >= 4 is 82.9 Å². The van der Waals surface area contributed by atoms with Gasteiger partial charge in [0.25, 0.3) is 24.8 Å². The molecule has 530 valence electrons. The lowest BCUT2D eigenvalue weighted by atomic mass is 9.91. The molecule has 4 saturated heterocycles. The number of hydrogen-bond acceptors (Lipinski definition) is 19. The van der Waals surface area contributed by atoms with E-state index in [-0.39, 0.29) is 86.4 Å². The van der Waals surface area contributed by atoms with Gasteiger partial charge in [-0.2, -0.15) is 0 Å². The lowest BCUT2D eigenvalue weighted by Gasteiger charge is -2.34. The van der Waals surface area contributed by atoms with E-state index in [1.54, 1.807) is 30.0 Å². The van der Waals surface area contributed by atoms with Crippen LogP contribution in [0.1, 0.15) is 112 Å². The number of aliphatic carboxylic acids is 1. The molecule has 3 aromatic rings. The molecule has 0 aliphatic carbocycles. The molecule has 1 aromatic heterocycles.